The molecule has 5 heteroatoms. The molecule has 16 heavy (non-hydrogen) atoms. The first-order chi connectivity index (χ1) is 7.56. The van der Waals surface area contributed by atoms with Crippen molar-refractivity contribution >= 4 is 23.7 Å². The fraction of sp³-hybridized carbons (Fsp3) is 0.273. The number of benzene rings is 1. The highest BCUT2D eigenvalue weighted by atomic mass is 32.2. The largest absolute Gasteiger partial charge is 0.481 e. The van der Waals surface area contributed by atoms with E-state index in [1.807, 2.05) is 6.26 Å². The maximum absolute atomic E-state index is 11.0. The van der Waals surface area contributed by atoms with E-state index in [9.17, 15) is 9.59 Å². The van der Waals surface area contributed by atoms with Crippen LogP contribution in [0.25, 0.3) is 0 Å². The Kier molecular flexibility index (Phi) is 4.37. The third kappa shape index (κ3) is 3.00. The highest BCUT2D eigenvalue weighted by Crippen LogP contribution is 2.29. The van der Waals surface area contributed by atoms with Crippen LogP contribution in [0.15, 0.2) is 29.2 Å². The molecule has 0 aromatic heterocycles. The molecule has 2 N–H and O–H groups in total. The molecule has 1 unspecified atom stereocenters. The second kappa shape index (κ2) is 5.55. The van der Waals surface area contributed by atoms with Gasteiger partial charge in [-0.3, -0.25) is 9.59 Å². The van der Waals surface area contributed by atoms with Gasteiger partial charge in [-0.2, -0.15) is 0 Å². The van der Waals surface area contributed by atoms with Gasteiger partial charge in [-0.05, 0) is 17.9 Å². The van der Waals surface area contributed by atoms with Gasteiger partial charge in [0.15, 0.2) is 0 Å². The maximum Gasteiger partial charge on any atom is 0.311 e. The van der Waals surface area contributed by atoms with Crippen LogP contribution < -0.4 is 0 Å². The normalized spacial score (nSPS) is 12.1. The lowest BCUT2D eigenvalue weighted by Crippen LogP contribution is -2.16. The fourth-order valence-electron chi connectivity index (χ4n) is 1.46. The molecule has 0 fully saturated rings. The number of thioether (sulfide) groups is 1. The van der Waals surface area contributed by atoms with Crippen LogP contribution in [0, 0.1) is 0 Å². The summed E-state index contributed by atoms with van der Waals surface area (Å²) in [6.45, 7) is 0. The number of aliphatic carboxylic acids is 2. The summed E-state index contributed by atoms with van der Waals surface area (Å²) in [6.07, 6.45) is 1.44. The molecule has 0 bridgehead atoms. The van der Waals surface area contributed by atoms with Crippen molar-refractivity contribution in [3.05, 3.63) is 29.8 Å². The van der Waals surface area contributed by atoms with E-state index in [1.54, 1.807) is 24.3 Å². The van der Waals surface area contributed by atoms with E-state index in [2.05, 4.69) is 0 Å². The number of rotatable bonds is 5. The van der Waals surface area contributed by atoms with Crippen molar-refractivity contribution in [1.82, 2.24) is 0 Å². The van der Waals surface area contributed by atoms with Crippen LogP contribution in [-0.2, 0) is 9.59 Å². The van der Waals surface area contributed by atoms with E-state index in [4.69, 9.17) is 10.2 Å². The predicted molar refractivity (Wildman–Crippen MR) is 60.9 cm³/mol. The van der Waals surface area contributed by atoms with Gasteiger partial charge in [-0.15, -0.1) is 11.8 Å². The monoisotopic (exact) mass is 240 g/mol. The molecule has 0 saturated heterocycles. The highest BCUT2D eigenvalue weighted by Gasteiger charge is 2.24. The Bertz CT molecular complexity index is 403. The minimum absolute atomic E-state index is 0.396. The molecule has 0 radical (unpaired) electrons. The van der Waals surface area contributed by atoms with Gasteiger partial charge in [-0.25, -0.2) is 0 Å². The molecule has 0 heterocycles. The molecule has 1 rings (SSSR count). The van der Waals surface area contributed by atoms with Crippen LogP contribution in [0.5, 0.6) is 0 Å². The summed E-state index contributed by atoms with van der Waals surface area (Å²) < 4.78 is 0. The highest BCUT2D eigenvalue weighted by molar-refractivity contribution is 7.98. The van der Waals surface area contributed by atoms with E-state index < -0.39 is 24.3 Å². The molecule has 0 spiro atoms. The van der Waals surface area contributed by atoms with Gasteiger partial charge >= 0.3 is 11.9 Å². The van der Waals surface area contributed by atoms with Gasteiger partial charge < -0.3 is 10.2 Å². The van der Waals surface area contributed by atoms with E-state index in [0.29, 0.717) is 5.56 Å². The summed E-state index contributed by atoms with van der Waals surface area (Å²) in [6, 6.07) is 6.97. The van der Waals surface area contributed by atoms with Gasteiger partial charge in [0.2, 0.25) is 0 Å². The molecule has 0 aliphatic carbocycles. The lowest BCUT2D eigenvalue weighted by atomic mass is 9.96. The Morgan fingerprint density at radius 2 is 1.94 bits per heavy atom. The summed E-state index contributed by atoms with van der Waals surface area (Å²) >= 11 is 1.41. The summed E-state index contributed by atoms with van der Waals surface area (Å²) in [4.78, 5) is 22.4. The number of hydrogen-bond donors (Lipinski definition) is 2. The minimum atomic E-state index is -1.11. The van der Waals surface area contributed by atoms with Gasteiger partial charge in [0, 0.05) is 4.90 Å². The van der Waals surface area contributed by atoms with Crippen LogP contribution in [0.1, 0.15) is 17.9 Å². The Labute approximate surface area is 97.3 Å². The third-order valence-electron chi connectivity index (χ3n) is 2.19. The van der Waals surface area contributed by atoms with Gasteiger partial charge in [-0.1, -0.05) is 18.2 Å². The number of carbonyl (C=O) groups is 2. The Morgan fingerprint density at radius 3 is 2.44 bits per heavy atom. The molecule has 1 aromatic carbocycles. The van der Waals surface area contributed by atoms with Crippen molar-refractivity contribution in [3.63, 3.8) is 0 Å². The van der Waals surface area contributed by atoms with Crippen LogP contribution in [0.2, 0.25) is 0 Å². The number of carboxylic acid groups (broad SMARTS) is 2. The van der Waals surface area contributed by atoms with Gasteiger partial charge in [0.25, 0.3) is 0 Å². The van der Waals surface area contributed by atoms with E-state index in [-0.39, 0.29) is 0 Å². The van der Waals surface area contributed by atoms with Crippen LogP contribution in [0.3, 0.4) is 0 Å². The second-order valence-electron chi connectivity index (χ2n) is 3.23. The number of hydrogen-bond acceptors (Lipinski definition) is 3. The van der Waals surface area contributed by atoms with Crippen LogP contribution in [-0.4, -0.2) is 28.4 Å². The van der Waals surface area contributed by atoms with Crippen molar-refractivity contribution in [1.29, 1.82) is 0 Å². The zero-order chi connectivity index (χ0) is 12.1. The summed E-state index contributed by atoms with van der Waals surface area (Å²) in [5.74, 6) is -3.20. The molecule has 0 amide bonds. The number of carboxylic acids is 2. The predicted octanol–water partition coefficient (Wildman–Crippen LogP) is 2.05. The molecular weight excluding hydrogens is 228 g/mol. The van der Waals surface area contributed by atoms with E-state index in [0.717, 1.165) is 4.90 Å². The topological polar surface area (TPSA) is 74.6 Å². The zero-order valence-electron chi connectivity index (χ0n) is 8.71. The molecule has 4 nitrogen and oxygen atoms in total. The quantitative estimate of drug-likeness (QED) is 0.770. The molecule has 0 aliphatic heterocycles. The summed E-state index contributed by atoms with van der Waals surface area (Å²) in [5.41, 5.74) is 0.560. The molecular formula is C11H12O4S. The first kappa shape index (κ1) is 12.6. The maximum atomic E-state index is 11.0. The SMILES string of the molecule is CSc1ccccc1C(CC(=O)O)C(=O)O. The summed E-state index contributed by atoms with van der Waals surface area (Å²) in [5, 5.41) is 17.7. The standard InChI is InChI=1S/C11H12O4S/c1-16-9-5-3-2-4-7(9)8(11(14)15)6-10(12)13/h2-5,8H,6H2,1H3,(H,12,13)(H,14,15). The minimum Gasteiger partial charge on any atom is -0.481 e. The Morgan fingerprint density at radius 1 is 1.31 bits per heavy atom. The van der Waals surface area contributed by atoms with Gasteiger partial charge in [0.1, 0.15) is 0 Å². The first-order valence-corrected chi connectivity index (χ1v) is 5.86. The van der Waals surface area contributed by atoms with E-state index >= 15 is 0 Å². The molecule has 1 aromatic rings. The van der Waals surface area contributed by atoms with Crippen molar-refractivity contribution in [2.24, 2.45) is 0 Å². The van der Waals surface area contributed by atoms with Crippen molar-refractivity contribution in [2.75, 3.05) is 6.26 Å². The van der Waals surface area contributed by atoms with Crippen LogP contribution >= 0.6 is 11.8 Å². The van der Waals surface area contributed by atoms with Gasteiger partial charge in [0.05, 0.1) is 12.3 Å². The summed E-state index contributed by atoms with van der Waals surface area (Å²) in [7, 11) is 0. The molecule has 0 aliphatic rings. The average Bonchev–Trinajstić information content (AvgIpc) is 2.25. The smallest absolute Gasteiger partial charge is 0.311 e. The third-order valence-corrected chi connectivity index (χ3v) is 3.00. The second-order valence-corrected chi connectivity index (χ2v) is 4.08. The van der Waals surface area contributed by atoms with Crippen LogP contribution in [0.4, 0.5) is 0 Å². The molecule has 0 saturated carbocycles. The lowest BCUT2D eigenvalue weighted by Gasteiger charge is -2.13. The lowest BCUT2D eigenvalue weighted by molar-refractivity contribution is -0.145. The van der Waals surface area contributed by atoms with E-state index in [1.165, 1.54) is 11.8 Å². The first-order valence-electron chi connectivity index (χ1n) is 4.63. The van der Waals surface area contributed by atoms with Crippen molar-refractivity contribution in [2.45, 2.75) is 17.2 Å². The average molecular weight is 240 g/mol. The van der Waals surface area contributed by atoms with Crippen molar-refractivity contribution < 1.29 is 19.8 Å². The zero-order valence-corrected chi connectivity index (χ0v) is 9.53. The molecule has 1 atom stereocenters. The Balaban J connectivity index is 3.10. The van der Waals surface area contributed by atoms with Crippen molar-refractivity contribution in [3.8, 4) is 0 Å². The molecule has 86 valence electrons. The fourth-order valence-corrected chi connectivity index (χ4v) is 2.12. The Hall–Kier alpha value is -1.49.